The SMILES string of the molecule is CCN(CC(=O)O)C1CC(NC(=O)N2CCC[C@@H]3OCC[C@@H]32)C1.Cl. The van der Waals surface area contributed by atoms with Crippen LogP contribution in [0.25, 0.3) is 0 Å². The molecule has 0 spiro atoms. The predicted molar refractivity (Wildman–Crippen MR) is 91.6 cm³/mol. The quantitative estimate of drug-likeness (QED) is 0.771. The van der Waals surface area contributed by atoms with Crippen molar-refractivity contribution in [3.05, 3.63) is 0 Å². The van der Waals surface area contributed by atoms with Crippen LogP contribution >= 0.6 is 12.4 Å². The summed E-state index contributed by atoms with van der Waals surface area (Å²) < 4.78 is 5.70. The number of carboxylic acid groups (broad SMARTS) is 1. The zero-order valence-electron chi connectivity index (χ0n) is 14.1. The number of ether oxygens (including phenoxy) is 1. The molecule has 0 aromatic heterocycles. The van der Waals surface area contributed by atoms with Crippen LogP contribution in [0.1, 0.15) is 39.0 Å². The largest absolute Gasteiger partial charge is 0.480 e. The van der Waals surface area contributed by atoms with Gasteiger partial charge < -0.3 is 20.1 Å². The summed E-state index contributed by atoms with van der Waals surface area (Å²) >= 11 is 0. The number of halogens is 1. The zero-order chi connectivity index (χ0) is 16.4. The maximum absolute atomic E-state index is 12.5. The highest BCUT2D eigenvalue weighted by Gasteiger charge is 2.40. The summed E-state index contributed by atoms with van der Waals surface area (Å²) in [5, 5.41) is 12.0. The summed E-state index contributed by atoms with van der Waals surface area (Å²) in [4.78, 5) is 27.3. The average molecular weight is 362 g/mol. The number of piperidine rings is 1. The molecular weight excluding hydrogens is 334 g/mol. The van der Waals surface area contributed by atoms with Crippen molar-refractivity contribution < 1.29 is 19.4 Å². The van der Waals surface area contributed by atoms with E-state index in [-0.39, 0.29) is 49.2 Å². The number of nitrogens with one attached hydrogen (secondary N) is 1. The molecule has 138 valence electrons. The van der Waals surface area contributed by atoms with Crippen molar-refractivity contribution in [2.45, 2.75) is 63.3 Å². The number of carbonyl (C=O) groups is 2. The molecule has 2 amide bonds. The monoisotopic (exact) mass is 361 g/mol. The van der Waals surface area contributed by atoms with E-state index in [9.17, 15) is 9.59 Å². The third kappa shape index (κ3) is 4.13. The highest BCUT2D eigenvalue weighted by atomic mass is 35.5. The van der Waals surface area contributed by atoms with E-state index in [0.29, 0.717) is 0 Å². The third-order valence-electron chi connectivity index (χ3n) is 5.43. The van der Waals surface area contributed by atoms with E-state index < -0.39 is 5.97 Å². The lowest BCUT2D eigenvalue weighted by Crippen LogP contribution is -2.59. The van der Waals surface area contributed by atoms with Gasteiger partial charge in [-0.25, -0.2) is 4.79 Å². The van der Waals surface area contributed by atoms with Gasteiger partial charge in [-0.3, -0.25) is 9.69 Å². The molecule has 0 unspecified atom stereocenters. The van der Waals surface area contributed by atoms with Crippen LogP contribution in [-0.4, -0.2) is 77.4 Å². The molecule has 3 aliphatic rings. The van der Waals surface area contributed by atoms with Crippen molar-refractivity contribution in [1.29, 1.82) is 0 Å². The van der Waals surface area contributed by atoms with E-state index in [1.165, 1.54) is 0 Å². The number of aliphatic carboxylic acids is 1. The summed E-state index contributed by atoms with van der Waals surface area (Å²) in [7, 11) is 0. The number of amides is 2. The summed E-state index contributed by atoms with van der Waals surface area (Å²) in [5.74, 6) is -0.792. The molecule has 8 heteroatoms. The molecule has 0 radical (unpaired) electrons. The number of hydrogen-bond acceptors (Lipinski definition) is 4. The van der Waals surface area contributed by atoms with Crippen LogP contribution in [0.5, 0.6) is 0 Å². The third-order valence-corrected chi connectivity index (χ3v) is 5.43. The van der Waals surface area contributed by atoms with Gasteiger partial charge in [-0.2, -0.15) is 0 Å². The smallest absolute Gasteiger partial charge is 0.317 e. The maximum Gasteiger partial charge on any atom is 0.317 e. The molecular formula is C16H28ClN3O4. The van der Waals surface area contributed by atoms with Gasteiger partial charge >= 0.3 is 12.0 Å². The van der Waals surface area contributed by atoms with E-state index in [1.807, 2.05) is 16.7 Å². The Morgan fingerprint density at radius 1 is 1.33 bits per heavy atom. The van der Waals surface area contributed by atoms with Gasteiger partial charge in [0.05, 0.1) is 18.7 Å². The topological polar surface area (TPSA) is 82.1 Å². The van der Waals surface area contributed by atoms with Crippen LogP contribution in [0.2, 0.25) is 0 Å². The molecule has 24 heavy (non-hydrogen) atoms. The number of urea groups is 1. The summed E-state index contributed by atoms with van der Waals surface area (Å²) in [6, 6.07) is 0.692. The van der Waals surface area contributed by atoms with Gasteiger partial charge in [-0.15, -0.1) is 12.4 Å². The zero-order valence-corrected chi connectivity index (χ0v) is 15.0. The number of carboxylic acids is 1. The molecule has 3 fully saturated rings. The minimum atomic E-state index is -0.792. The van der Waals surface area contributed by atoms with Crippen molar-refractivity contribution >= 4 is 24.4 Å². The first-order chi connectivity index (χ1) is 11.1. The molecule has 2 saturated heterocycles. The maximum atomic E-state index is 12.5. The first-order valence-electron chi connectivity index (χ1n) is 8.73. The Morgan fingerprint density at radius 2 is 2.08 bits per heavy atom. The minimum absolute atomic E-state index is 0. The Bertz CT molecular complexity index is 459. The second-order valence-electron chi connectivity index (χ2n) is 6.83. The normalized spacial score (nSPS) is 31.8. The molecule has 2 atom stereocenters. The number of rotatable bonds is 5. The van der Waals surface area contributed by atoms with Crippen LogP contribution in [0.4, 0.5) is 4.79 Å². The number of carbonyl (C=O) groups excluding carboxylic acids is 1. The predicted octanol–water partition coefficient (Wildman–Crippen LogP) is 1.31. The van der Waals surface area contributed by atoms with Gasteiger partial charge in [0.1, 0.15) is 0 Å². The first kappa shape index (κ1) is 19.3. The Labute approximate surface area is 149 Å². The van der Waals surface area contributed by atoms with Gasteiger partial charge in [0.25, 0.3) is 0 Å². The lowest BCUT2D eigenvalue weighted by molar-refractivity contribution is -0.139. The molecule has 0 aromatic carbocycles. The van der Waals surface area contributed by atoms with Crippen LogP contribution in [-0.2, 0) is 9.53 Å². The van der Waals surface area contributed by atoms with Crippen molar-refractivity contribution in [3.8, 4) is 0 Å². The van der Waals surface area contributed by atoms with Crippen molar-refractivity contribution in [3.63, 3.8) is 0 Å². The number of fused-ring (bicyclic) bond motifs is 1. The molecule has 0 aromatic rings. The van der Waals surface area contributed by atoms with E-state index >= 15 is 0 Å². The van der Waals surface area contributed by atoms with Crippen molar-refractivity contribution in [2.75, 3.05) is 26.2 Å². The van der Waals surface area contributed by atoms with Crippen LogP contribution in [0.3, 0.4) is 0 Å². The molecule has 2 N–H and O–H groups in total. The lowest BCUT2D eigenvalue weighted by atomic mass is 9.85. The van der Waals surface area contributed by atoms with Gasteiger partial charge in [-0.1, -0.05) is 6.92 Å². The van der Waals surface area contributed by atoms with Crippen LogP contribution < -0.4 is 5.32 Å². The minimum Gasteiger partial charge on any atom is -0.480 e. The van der Waals surface area contributed by atoms with E-state index in [1.54, 1.807) is 0 Å². The lowest BCUT2D eigenvalue weighted by Gasteiger charge is -2.44. The Balaban J connectivity index is 0.00000208. The number of likely N-dealkylation sites (tertiary alicyclic amines) is 1. The molecule has 3 rings (SSSR count). The van der Waals surface area contributed by atoms with E-state index in [4.69, 9.17) is 9.84 Å². The fourth-order valence-electron chi connectivity index (χ4n) is 4.08. The molecule has 1 saturated carbocycles. The van der Waals surface area contributed by atoms with Crippen molar-refractivity contribution in [2.24, 2.45) is 0 Å². The fourth-order valence-corrected chi connectivity index (χ4v) is 4.08. The van der Waals surface area contributed by atoms with Gasteiger partial charge in [-0.05, 0) is 38.6 Å². The highest BCUT2D eigenvalue weighted by Crippen LogP contribution is 2.30. The summed E-state index contributed by atoms with van der Waals surface area (Å²) in [6.07, 6.45) is 4.89. The molecule has 1 aliphatic carbocycles. The fraction of sp³-hybridized carbons (Fsp3) is 0.875. The van der Waals surface area contributed by atoms with Crippen LogP contribution in [0, 0.1) is 0 Å². The molecule has 2 heterocycles. The molecule has 0 bridgehead atoms. The number of hydrogen-bond donors (Lipinski definition) is 2. The Kier molecular flexibility index (Phi) is 6.71. The number of likely N-dealkylation sites (N-methyl/N-ethyl adjacent to an activating group) is 1. The summed E-state index contributed by atoms with van der Waals surface area (Å²) in [5.41, 5.74) is 0. The second-order valence-corrected chi connectivity index (χ2v) is 6.83. The molecule has 2 aliphatic heterocycles. The average Bonchev–Trinajstić information content (AvgIpc) is 2.96. The first-order valence-corrected chi connectivity index (χ1v) is 8.73. The van der Waals surface area contributed by atoms with E-state index in [0.717, 1.165) is 51.8 Å². The highest BCUT2D eigenvalue weighted by molar-refractivity contribution is 5.85. The van der Waals surface area contributed by atoms with Gasteiger partial charge in [0.15, 0.2) is 0 Å². The van der Waals surface area contributed by atoms with Crippen molar-refractivity contribution in [1.82, 2.24) is 15.1 Å². The standard InChI is InChI=1S/C16H27N3O4.ClH/c1-2-18(10-15(20)21)12-8-11(9-12)17-16(22)19-6-3-4-14-13(19)5-7-23-14;/h11-14H,2-10H2,1H3,(H,17,22)(H,20,21);1H/t11?,12?,13-,14-;/m0./s1. The van der Waals surface area contributed by atoms with Gasteiger partial charge in [0, 0.05) is 25.2 Å². The second kappa shape index (κ2) is 8.36. The summed E-state index contributed by atoms with van der Waals surface area (Å²) in [6.45, 7) is 4.35. The molecule has 7 nitrogen and oxygen atoms in total. The van der Waals surface area contributed by atoms with Crippen LogP contribution in [0.15, 0.2) is 0 Å². The van der Waals surface area contributed by atoms with E-state index in [2.05, 4.69) is 5.32 Å². The van der Waals surface area contributed by atoms with Gasteiger partial charge in [0.2, 0.25) is 0 Å². The Morgan fingerprint density at radius 3 is 2.75 bits per heavy atom. The number of nitrogens with zero attached hydrogens (tertiary/aromatic N) is 2. The Hall–Kier alpha value is -1.05.